The Kier molecular flexibility index (Phi) is 9.53. The molecule has 37 heavy (non-hydrogen) atoms. The van der Waals surface area contributed by atoms with Crippen LogP contribution >= 0.6 is 7.92 Å². The summed E-state index contributed by atoms with van der Waals surface area (Å²) in [6.45, 7) is 3.71. The van der Waals surface area contributed by atoms with Gasteiger partial charge < -0.3 is 5.32 Å². The fraction of sp³-hybridized carbons (Fsp3) is 0.367. The van der Waals surface area contributed by atoms with Crippen LogP contribution in [0.5, 0.6) is 0 Å². The van der Waals surface area contributed by atoms with Crippen molar-refractivity contribution in [2.75, 3.05) is 5.75 Å². The minimum atomic E-state index is -3.53. The highest BCUT2D eigenvalue weighted by molar-refractivity contribution is 7.89. The van der Waals surface area contributed by atoms with Crippen LogP contribution in [0, 0.1) is 5.92 Å². The van der Waals surface area contributed by atoms with Crippen molar-refractivity contribution in [1.82, 2.24) is 10.0 Å². The van der Waals surface area contributed by atoms with E-state index in [9.17, 15) is 13.2 Å². The van der Waals surface area contributed by atoms with Gasteiger partial charge in [-0.05, 0) is 62.5 Å². The molecule has 3 aromatic carbocycles. The first-order valence-corrected chi connectivity index (χ1v) is 16.1. The molecule has 1 fully saturated rings. The van der Waals surface area contributed by atoms with E-state index in [2.05, 4.69) is 34.3 Å². The van der Waals surface area contributed by atoms with Gasteiger partial charge in [-0.25, -0.2) is 13.1 Å². The molecular formula is C30H37N2O3PS. The topological polar surface area (TPSA) is 75.3 Å². The second kappa shape index (κ2) is 12.8. The molecule has 2 N–H and O–H groups in total. The van der Waals surface area contributed by atoms with Crippen LogP contribution in [-0.2, 0) is 10.0 Å². The molecule has 196 valence electrons. The molecule has 5 nitrogen and oxygen atoms in total. The summed E-state index contributed by atoms with van der Waals surface area (Å²) in [5.74, 6) is -0.0158. The van der Waals surface area contributed by atoms with Crippen molar-refractivity contribution in [2.24, 2.45) is 5.92 Å². The quantitative estimate of drug-likeness (QED) is 0.376. The van der Waals surface area contributed by atoms with Crippen molar-refractivity contribution in [2.45, 2.75) is 58.0 Å². The first-order valence-electron chi connectivity index (χ1n) is 13.1. The lowest BCUT2D eigenvalue weighted by molar-refractivity contribution is 0.0945. The molecule has 1 saturated carbocycles. The normalized spacial score (nSPS) is 16.3. The summed E-state index contributed by atoms with van der Waals surface area (Å²) in [5, 5.41) is 6.21. The second-order valence-corrected chi connectivity index (χ2v) is 14.0. The molecule has 0 radical (unpaired) electrons. The third-order valence-corrected chi connectivity index (χ3v) is 11.2. The van der Waals surface area contributed by atoms with E-state index in [-0.39, 0.29) is 17.7 Å². The van der Waals surface area contributed by atoms with Crippen LogP contribution in [0.2, 0.25) is 0 Å². The lowest BCUT2D eigenvalue weighted by Gasteiger charge is -2.28. The highest BCUT2D eigenvalue weighted by atomic mass is 32.2. The first-order chi connectivity index (χ1) is 17.8. The molecule has 7 heteroatoms. The zero-order valence-corrected chi connectivity index (χ0v) is 23.3. The van der Waals surface area contributed by atoms with Gasteiger partial charge in [0.25, 0.3) is 5.91 Å². The molecule has 4 rings (SSSR count). The predicted molar refractivity (Wildman–Crippen MR) is 155 cm³/mol. The van der Waals surface area contributed by atoms with Crippen molar-refractivity contribution in [3.63, 3.8) is 0 Å². The van der Waals surface area contributed by atoms with Gasteiger partial charge in [0.15, 0.2) is 0 Å². The highest BCUT2D eigenvalue weighted by Crippen LogP contribution is 2.34. The van der Waals surface area contributed by atoms with Gasteiger partial charge in [0.1, 0.15) is 0 Å². The van der Waals surface area contributed by atoms with Crippen molar-refractivity contribution in [1.29, 1.82) is 0 Å². The summed E-state index contributed by atoms with van der Waals surface area (Å²) in [6, 6.07) is 27.5. The average molecular weight is 537 g/mol. The smallest absolute Gasteiger partial charge is 0.252 e. The number of benzene rings is 3. The molecule has 1 aliphatic carbocycles. The van der Waals surface area contributed by atoms with Crippen molar-refractivity contribution < 1.29 is 13.2 Å². The Hall–Kier alpha value is -2.53. The Morgan fingerprint density at radius 1 is 0.838 bits per heavy atom. The highest BCUT2D eigenvalue weighted by Gasteiger charge is 2.27. The molecule has 0 bridgehead atoms. The summed E-state index contributed by atoms with van der Waals surface area (Å²) in [5.41, 5.74) is 0.578. The molecule has 0 heterocycles. The van der Waals surface area contributed by atoms with E-state index in [0.717, 1.165) is 41.6 Å². The number of hydrogen-bond acceptors (Lipinski definition) is 3. The van der Waals surface area contributed by atoms with Crippen LogP contribution in [0.4, 0.5) is 0 Å². The molecule has 0 aromatic heterocycles. The van der Waals surface area contributed by atoms with Crippen LogP contribution in [0.1, 0.15) is 56.3 Å². The third-order valence-electron chi connectivity index (χ3n) is 6.99. The van der Waals surface area contributed by atoms with Gasteiger partial charge in [-0.3, -0.25) is 4.79 Å². The van der Waals surface area contributed by atoms with E-state index >= 15 is 0 Å². The first kappa shape index (κ1) is 27.5. The Labute approximate surface area is 222 Å². The van der Waals surface area contributed by atoms with Gasteiger partial charge in [0.2, 0.25) is 10.0 Å². The molecule has 0 spiro atoms. The Bertz CT molecular complexity index is 1220. The molecule has 1 amide bonds. The van der Waals surface area contributed by atoms with E-state index in [1.54, 1.807) is 6.92 Å². The van der Waals surface area contributed by atoms with Crippen molar-refractivity contribution in [3.05, 3.63) is 90.5 Å². The number of sulfonamides is 1. The van der Waals surface area contributed by atoms with Crippen LogP contribution < -0.4 is 26.0 Å². The van der Waals surface area contributed by atoms with E-state index in [1.165, 1.54) is 6.42 Å². The predicted octanol–water partition coefficient (Wildman–Crippen LogP) is 4.45. The van der Waals surface area contributed by atoms with Gasteiger partial charge in [-0.1, -0.05) is 98.1 Å². The lowest BCUT2D eigenvalue weighted by atomic mass is 9.85. The molecule has 0 unspecified atom stereocenters. The van der Waals surface area contributed by atoms with E-state index < -0.39 is 24.0 Å². The summed E-state index contributed by atoms with van der Waals surface area (Å²) in [4.78, 5) is 13.5. The van der Waals surface area contributed by atoms with Gasteiger partial charge in [0.05, 0.1) is 5.75 Å². The number of nitrogens with one attached hydrogen (secondary N) is 2. The number of carbonyl (C=O) groups is 1. The van der Waals surface area contributed by atoms with E-state index in [0.29, 0.717) is 11.5 Å². The van der Waals surface area contributed by atoms with E-state index in [1.807, 2.05) is 67.6 Å². The minimum absolute atomic E-state index is 0.0887. The third kappa shape index (κ3) is 7.50. The summed E-state index contributed by atoms with van der Waals surface area (Å²) < 4.78 is 28.7. The molecule has 0 aliphatic heterocycles. The maximum absolute atomic E-state index is 13.5. The van der Waals surface area contributed by atoms with Crippen molar-refractivity contribution >= 4 is 39.8 Å². The van der Waals surface area contributed by atoms with Crippen LogP contribution in [0.15, 0.2) is 84.9 Å². The number of hydrogen-bond donors (Lipinski definition) is 2. The van der Waals surface area contributed by atoms with Crippen molar-refractivity contribution in [3.8, 4) is 0 Å². The van der Waals surface area contributed by atoms with Crippen LogP contribution in [-0.4, -0.2) is 32.2 Å². The monoisotopic (exact) mass is 536 g/mol. The Morgan fingerprint density at radius 3 is 1.97 bits per heavy atom. The van der Waals surface area contributed by atoms with Crippen LogP contribution in [0.3, 0.4) is 0 Å². The zero-order valence-electron chi connectivity index (χ0n) is 21.6. The fourth-order valence-electron chi connectivity index (χ4n) is 5.18. The number of carbonyl (C=O) groups excluding carboxylic acids is 1. The molecule has 2 atom stereocenters. The number of rotatable bonds is 10. The largest absolute Gasteiger partial charge is 0.348 e. The maximum Gasteiger partial charge on any atom is 0.252 e. The lowest BCUT2D eigenvalue weighted by Crippen LogP contribution is -2.46. The molecule has 1 aliphatic rings. The maximum atomic E-state index is 13.5. The molecular weight excluding hydrogens is 499 g/mol. The van der Waals surface area contributed by atoms with Gasteiger partial charge >= 0.3 is 0 Å². The standard InChI is InChI=1S/C30H37N2O3PS/c1-23(22-37(34,35)32-24(2)25-14-6-3-7-15-25)31-30(33)28-20-12-13-21-29(28)36(26-16-8-4-9-17-26)27-18-10-5-11-19-27/h4-5,8-13,16-21,23-25,32H,3,6-7,14-15,22H2,1-2H3,(H,31,33)/t23-,24-/m0/s1. The Morgan fingerprint density at radius 2 is 1.38 bits per heavy atom. The molecule has 0 saturated heterocycles. The SMILES string of the molecule is C[C@H](NS(=O)(=O)C[C@H](C)NC(=O)c1ccccc1P(c1ccccc1)c1ccccc1)C1CCCCC1. The van der Waals surface area contributed by atoms with E-state index in [4.69, 9.17) is 0 Å². The zero-order chi connectivity index (χ0) is 26.3. The van der Waals surface area contributed by atoms with Gasteiger partial charge in [0, 0.05) is 17.6 Å². The Balaban J connectivity index is 1.50. The summed E-state index contributed by atoms with van der Waals surface area (Å²) in [7, 11) is -4.49. The van der Waals surface area contributed by atoms with Gasteiger partial charge in [-0.2, -0.15) is 0 Å². The van der Waals surface area contributed by atoms with Crippen LogP contribution in [0.25, 0.3) is 0 Å². The second-order valence-electron chi connectivity index (χ2n) is 9.98. The number of amides is 1. The fourth-order valence-corrected chi connectivity index (χ4v) is 9.22. The molecule has 3 aromatic rings. The summed E-state index contributed by atoms with van der Waals surface area (Å²) in [6.07, 6.45) is 5.70. The van der Waals surface area contributed by atoms with Gasteiger partial charge in [-0.15, -0.1) is 0 Å². The summed E-state index contributed by atoms with van der Waals surface area (Å²) >= 11 is 0. The average Bonchev–Trinajstić information content (AvgIpc) is 2.90. The minimum Gasteiger partial charge on any atom is -0.348 e.